The highest BCUT2D eigenvalue weighted by Crippen LogP contribution is 2.18. The molecule has 2 N–H and O–H groups in total. The summed E-state index contributed by atoms with van der Waals surface area (Å²) in [4.78, 5) is 12.3. The van der Waals surface area contributed by atoms with Crippen LogP contribution in [0.2, 0.25) is 0 Å². The molecule has 21 heavy (non-hydrogen) atoms. The largest absolute Gasteiger partial charge is 0.396 e. The molecule has 0 fully saturated rings. The van der Waals surface area contributed by atoms with Crippen molar-refractivity contribution in [2.75, 3.05) is 6.61 Å². The Hall–Kier alpha value is -1.36. The molecule has 1 atom stereocenters. The molecule has 5 nitrogen and oxygen atoms in total. The summed E-state index contributed by atoms with van der Waals surface area (Å²) in [6.07, 6.45) is 2.56. The molecule has 1 rings (SSSR count). The van der Waals surface area contributed by atoms with Crippen molar-refractivity contribution < 1.29 is 9.90 Å². The minimum absolute atomic E-state index is 0.0268. The van der Waals surface area contributed by atoms with Gasteiger partial charge in [0.1, 0.15) is 5.69 Å². The number of amides is 1. The van der Waals surface area contributed by atoms with Gasteiger partial charge in [0.15, 0.2) is 0 Å². The minimum Gasteiger partial charge on any atom is -0.396 e. The van der Waals surface area contributed by atoms with Gasteiger partial charge in [0.05, 0.1) is 6.04 Å². The van der Waals surface area contributed by atoms with E-state index in [0.717, 1.165) is 18.5 Å². The highest BCUT2D eigenvalue weighted by molar-refractivity contribution is 5.92. The van der Waals surface area contributed by atoms with Crippen LogP contribution in [0.25, 0.3) is 0 Å². The number of aliphatic hydroxyl groups is 1. The summed E-state index contributed by atoms with van der Waals surface area (Å²) in [5.41, 5.74) is 1.47. The van der Waals surface area contributed by atoms with Crippen molar-refractivity contribution in [2.24, 2.45) is 5.92 Å². The van der Waals surface area contributed by atoms with Crippen molar-refractivity contribution in [3.63, 3.8) is 0 Å². The Kier molecular flexibility index (Phi) is 6.89. The van der Waals surface area contributed by atoms with Crippen molar-refractivity contribution in [1.82, 2.24) is 15.1 Å². The quantitative estimate of drug-likeness (QED) is 0.775. The lowest BCUT2D eigenvalue weighted by atomic mass is 10.0. The van der Waals surface area contributed by atoms with Crippen LogP contribution < -0.4 is 5.32 Å². The number of hydrogen-bond donors (Lipinski definition) is 2. The summed E-state index contributed by atoms with van der Waals surface area (Å²) in [6.45, 7) is 10.4. The molecule has 1 aromatic heterocycles. The molecule has 0 aliphatic heterocycles. The van der Waals surface area contributed by atoms with Crippen LogP contribution in [0.15, 0.2) is 6.07 Å². The second-order valence-electron chi connectivity index (χ2n) is 5.92. The van der Waals surface area contributed by atoms with Crippen LogP contribution in [0.3, 0.4) is 0 Å². The lowest BCUT2D eigenvalue weighted by molar-refractivity contribution is 0.0910. The molecule has 0 aromatic carbocycles. The molecule has 5 heteroatoms. The predicted octanol–water partition coefficient (Wildman–Crippen LogP) is 2.69. The molecule has 0 spiro atoms. The van der Waals surface area contributed by atoms with E-state index in [1.54, 1.807) is 0 Å². The molecular formula is C16H29N3O2. The zero-order chi connectivity index (χ0) is 16.0. The van der Waals surface area contributed by atoms with Gasteiger partial charge in [-0.05, 0) is 38.2 Å². The molecular weight excluding hydrogens is 266 g/mol. The second-order valence-corrected chi connectivity index (χ2v) is 5.92. The molecule has 0 bridgehead atoms. The van der Waals surface area contributed by atoms with Crippen molar-refractivity contribution in [1.29, 1.82) is 0 Å². The summed E-state index contributed by atoms with van der Waals surface area (Å²) < 4.78 is 1.95. The summed E-state index contributed by atoms with van der Waals surface area (Å²) in [5.74, 6) is 0.123. The van der Waals surface area contributed by atoms with Crippen molar-refractivity contribution >= 4 is 5.91 Å². The van der Waals surface area contributed by atoms with E-state index < -0.39 is 0 Å². The molecule has 1 unspecified atom stereocenters. The Morgan fingerprint density at radius 3 is 2.48 bits per heavy atom. The summed E-state index contributed by atoms with van der Waals surface area (Å²) >= 11 is 0. The number of carbonyl (C=O) groups excluding carboxylic acids is 1. The fourth-order valence-electron chi connectivity index (χ4n) is 2.56. The topological polar surface area (TPSA) is 67.2 Å². The first-order valence-corrected chi connectivity index (χ1v) is 7.92. The van der Waals surface area contributed by atoms with E-state index in [2.05, 4.69) is 24.3 Å². The number of aryl methyl sites for hydroxylation is 1. The van der Waals surface area contributed by atoms with Crippen LogP contribution in [0.5, 0.6) is 0 Å². The Morgan fingerprint density at radius 2 is 2.00 bits per heavy atom. The summed E-state index contributed by atoms with van der Waals surface area (Å²) in [5, 5.41) is 16.5. The van der Waals surface area contributed by atoms with E-state index in [0.29, 0.717) is 18.2 Å². The van der Waals surface area contributed by atoms with E-state index in [4.69, 9.17) is 5.11 Å². The Morgan fingerprint density at radius 1 is 1.38 bits per heavy atom. The first-order chi connectivity index (χ1) is 9.94. The van der Waals surface area contributed by atoms with Gasteiger partial charge in [0, 0.05) is 18.3 Å². The van der Waals surface area contributed by atoms with Crippen LogP contribution in [0, 0.1) is 12.8 Å². The third kappa shape index (κ3) is 4.56. The highest BCUT2D eigenvalue weighted by Gasteiger charge is 2.20. The van der Waals surface area contributed by atoms with Crippen LogP contribution in [0.4, 0.5) is 0 Å². The van der Waals surface area contributed by atoms with Gasteiger partial charge in [0.25, 0.3) is 5.91 Å². The standard InChI is InChI=1S/C16H29N3O2/c1-6-13(7-2)19-12(5)10-15(18-19)16(21)17-14(8-9-20)11(3)4/h10-11,13-14,20H,6-9H2,1-5H3,(H,17,21). The fraction of sp³-hybridized carbons (Fsp3) is 0.750. The molecule has 0 saturated carbocycles. The van der Waals surface area contributed by atoms with E-state index >= 15 is 0 Å². The lowest BCUT2D eigenvalue weighted by Gasteiger charge is -2.20. The molecule has 1 amide bonds. The van der Waals surface area contributed by atoms with Gasteiger partial charge in [-0.3, -0.25) is 9.48 Å². The number of rotatable bonds is 8. The molecule has 0 radical (unpaired) electrons. The molecule has 0 saturated heterocycles. The van der Waals surface area contributed by atoms with Crippen LogP contribution in [-0.4, -0.2) is 33.4 Å². The lowest BCUT2D eigenvalue weighted by Crippen LogP contribution is -2.39. The second kappa shape index (κ2) is 8.17. The van der Waals surface area contributed by atoms with Crippen LogP contribution >= 0.6 is 0 Å². The predicted molar refractivity (Wildman–Crippen MR) is 84.4 cm³/mol. The number of carbonyl (C=O) groups is 1. The molecule has 1 aromatic rings. The van der Waals surface area contributed by atoms with Crippen LogP contribution in [-0.2, 0) is 0 Å². The van der Waals surface area contributed by atoms with Crippen molar-refractivity contribution in [3.8, 4) is 0 Å². The fourth-order valence-corrected chi connectivity index (χ4v) is 2.56. The average Bonchev–Trinajstić information content (AvgIpc) is 2.82. The first kappa shape index (κ1) is 17.7. The first-order valence-electron chi connectivity index (χ1n) is 7.92. The minimum atomic E-state index is -0.157. The SMILES string of the molecule is CCC(CC)n1nc(C(=O)NC(CCO)C(C)C)cc1C. The number of nitrogens with zero attached hydrogens (tertiary/aromatic N) is 2. The zero-order valence-corrected chi connectivity index (χ0v) is 13.9. The molecule has 0 aliphatic rings. The Labute approximate surface area is 127 Å². The van der Waals surface area contributed by atoms with Gasteiger partial charge in [0.2, 0.25) is 0 Å². The maximum Gasteiger partial charge on any atom is 0.272 e. The van der Waals surface area contributed by atoms with E-state index in [-0.39, 0.29) is 24.5 Å². The van der Waals surface area contributed by atoms with Gasteiger partial charge in [-0.2, -0.15) is 5.10 Å². The summed E-state index contributed by atoms with van der Waals surface area (Å²) in [7, 11) is 0. The normalized spacial score (nSPS) is 13.0. The van der Waals surface area contributed by atoms with E-state index in [1.165, 1.54) is 0 Å². The van der Waals surface area contributed by atoms with Gasteiger partial charge >= 0.3 is 0 Å². The van der Waals surface area contributed by atoms with Gasteiger partial charge in [-0.25, -0.2) is 0 Å². The monoisotopic (exact) mass is 295 g/mol. The van der Waals surface area contributed by atoms with E-state index in [9.17, 15) is 4.79 Å². The zero-order valence-electron chi connectivity index (χ0n) is 13.9. The van der Waals surface area contributed by atoms with Crippen molar-refractivity contribution in [2.45, 2.75) is 66.0 Å². The molecule has 0 aliphatic carbocycles. The number of nitrogens with one attached hydrogen (secondary N) is 1. The van der Waals surface area contributed by atoms with E-state index in [1.807, 2.05) is 31.5 Å². The van der Waals surface area contributed by atoms with Gasteiger partial charge in [-0.1, -0.05) is 27.7 Å². The van der Waals surface area contributed by atoms with Gasteiger partial charge < -0.3 is 10.4 Å². The number of aliphatic hydroxyl groups excluding tert-OH is 1. The number of aromatic nitrogens is 2. The highest BCUT2D eigenvalue weighted by atomic mass is 16.3. The molecule has 120 valence electrons. The molecule has 1 heterocycles. The third-order valence-electron chi connectivity index (χ3n) is 4.00. The van der Waals surface area contributed by atoms with Gasteiger partial charge in [-0.15, -0.1) is 0 Å². The maximum absolute atomic E-state index is 12.3. The maximum atomic E-state index is 12.3. The Balaban J connectivity index is 2.86. The average molecular weight is 295 g/mol. The smallest absolute Gasteiger partial charge is 0.272 e. The summed E-state index contributed by atoms with van der Waals surface area (Å²) in [6, 6.07) is 2.15. The van der Waals surface area contributed by atoms with Crippen molar-refractivity contribution in [3.05, 3.63) is 17.5 Å². The third-order valence-corrected chi connectivity index (χ3v) is 4.00. The number of hydrogen-bond acceptors (Lipinski definition) is 3. The van der Waals surface area contributed by atoms with Crippen LogP contribution in [0.1, 0.15) is 69.2 Å². The Bertz CT molecular complexity index is 450.